The van der Waals surface area contributed by atoms with Crippen molar-refractivity contribution in [2.45, 2.75) is 31.3 Å². The molecule has 1 fully saturated rings. The molecule has 1 aliphatic rings. The predicted octanol–water partition coefficient (Wildman–Crippen LogP) is 2.93. The molecule has 16 heavy (non-hydrogen) atoms. The highest BCUT2D eigenvalue weighted by atomic mass is 35.5. The van der Waals surface area contributed by atoms with Crippen molar-refractivity contribution in [1.82, 2.24) is 0 Å². The molecule has 2 rings (SSSR count). The van der Waals surface area contributed by atoms with E-state index in [1.165, 1.54) is 0 Å². The van der Waals surface area contributed by atoms with Crippen LogP contribution in [0.25, 0.3) is 0 Å². The van der Waals surface area contributed by atoms with Crippen molar-refractivity contribution in [2.75, 3.05) is 0 Å². The van der Waals surface area contributed by atoms with Gasteiger partial charge in [0.05, 0.1) is 11.3 Å². The predicted molar refractivity (Wildman–Crippen MR) is 63.0 cm³/mol. The quantitative estimate of drug-likeness (QED) is 0.585. The highest BCUT2D eigenvalue weighted by Gasteiger charge is 2.33. The van der Waals surface area contributed by atoms with Crippen molar-refractivity contribution in [3.63, 3.8) is 0 Å². The maximum Gasteiger partial charge on any atom is 0.0903 e. The molecule has 0 unspecified atom stereocenters. The van der Waals surface area contributed by atoms with Crippen molar-refractivity contribution in [1.29, 1.82) is 0 Å². The molecular formula is C12H14ClNO2. The van der Waals surface area contributed by atoms with Crippen LogP contribution >= 0.6 is 11.6 Å². The molecule has 2 N–H and O–H groups in total. The molecule has 86 valence electrons. The fraction of sp³-hybridized carbons (Fsp3) is 0.417. The number of aliphatic hydroxyl groups is 1. The number of benzene rings is 1. The third-order valence-electron chi connectivity index (χ3n) is 3.18. The molecule has 0 aromatic heterocycles. The molecule has 0 radical (unpaired) electrons. The molecule has 1 aromatic rings. The van der Waals surface area contributed by atoms with Gasteiger partial charge in [-0.05, 0) is 43.4 Å². The lowest BCUT2D eigenvalue weighted by atomic mass is 9.79. The normalized spacial score (nSPS) is 25.5. The Bertz CT molecular complexity index is 390. The molecule has 3 nitrogen and oxygen atoms in total. The van der Waals surface area contributed by atoms with Crippen LogP contribution in [0.3, 0.4) is 0 Å². The summed E-state index contributed by atoms with van der Waals surface area (Å²) in [6, 6.07) is 7.27. The first-order valence-corrected chi connectivity index (χ1v) is 5.70. The second-order valence-corrected chi connectivity index (χ2v) is 4.64. The fourth-order valence-corrected chi connectivity index (χ4v) is 2.23. The van der Waals surface area contributed by atoms with E-state index in [4.69, 9.17) is 16.8 Å². The second-order valence-electron chi connectivity index (χ2n) is 4.20. The van der Waals surface area contributed by atoms with Crippen molar-refractivity contribution >= 4 is 17.3 Å². The van der Waals surface area contributed by atoms with E-state index in [9.17, 15) is 5.11 Å². The van der Waals surface area contributed by atoms with Gasteiger partial charge < -0.3 is 10.3 Å². The average molecular weight is 240 g/mol. The maximum absolute atomic E-state index is 10.5. The molecule has 1 saturated carbocycles. The lowest BCUT2D eigenvalue weighted by molar-refractivity contribution is 0.0157. The summed E-state index contributed by atoms with van der Waals surface area (Å²) in [6.07, 6.45) is 2.45. The van der Waals surface area contributed by atoms with E-state index >= 15 is 0 Å². The third-order valence-corrected chi connectivity index (χ3v) is 3.43. The van der Waals surface area contributed by atoms with Gasteiger partial charge in [-0.25, -0.2) is 0 Å². The number of halogens is 1. The van der Waals surface area contributed by atoms with Gasteiger partial charge in [0.15, 0.2) is 0 Å². The highest BCUT2D eigenvalue weighted by molar-refractivity contribution is 6.30. The van der Waals surface area contributed by atoms with Crippen molar-refractivity contribution in [2.24, 2.45) is 5.16 Å². The highest BCUT2D eigenvalue weighted by Crippen LogP contribution is 2.36. The van der Waals surface area contributed by atoms with Crippen LogP contribution in [-0.4, -0.2) is 16.0 Å². The van der Waals surface area contributed by atoms with Crippen molar-refractivity contribution in [3.05, 3.63) is 34.9 Å². The largest absolute Gasteiger partial charge is 0.411 e. The number of oxime groups is 1. The zero-order valence-electron chi connectivity index (χ0n) is 8.86. The van der Waals surface area contributed by atoms with Gasteiger partial charge in [-0.3, -0.25) is 0 Å². The van der Waals surface area contributed by atoms with Crippen LogP contribution in [0.2, 0.25) is 5.02 Å². The first-order chi connectivity index (χ1) is 7.64. The molecule has 0 amide bonds. The monoisotopic (exact) mass is 239 g/mol. The standard InChI is InChI=1S/C12H14ClNO2/c13-10-3-1-9(2-4-10)12(15)7-5-11(14-16)6-8-12/h1-4,15-16H,5-8H2. The topological polar surface area (TPSA) is 52.8 Å². The van der Waals surface area contributed by atoms with E-state index < -0.39 is 5.60 Å². The van der Waals surface area contributed by atoms with Crippen LogP contribution in [0.15, 0.2) is 29.4 Å². The zero-order chi connectivity index (χ0) is 11.6. The lowest BCUT2D eigenvalue weighted by Gasteiger charge is -2.32. The smallest absolute Gasteiger partial charge is 0.0903 e. The van der Waals surface area contributed by atoms with E-state index in [-0.39, 0.29) is 0 Å². The van der Waals surface area contributed by atoms with Crippen LogP contribution in [0, 0.1) is 0 Å². The van der Waals surface area contributed by atoms with Gasteiger partial charge in [0.2, 0.25) is 0 Å². The number of nitrogens with zero attached hydrogens (tertiary/aromatic N) is 1. The summed E-state index contributed by atoms with van der Waals surface area (Å²) in [5.74, 6) is 0. The summed E-state index contributed by atoms with van der Waals surface area (Å²) in [5, 5.41) is 23.0. The maximum atomic E-state index is 10.5. The third kappa shape index (κ3) is 2.20. The van der Waals surface area contributed by atoms with Crippen LogP contribution in [-0.2, 0) is 5.60 Å². The van der Waals surface area contributed by atoms with Gasteiger partial charge >= 0.3 is 0 Å². The average Bonchev–Trinajstić information content (AvgIpc) is 2.31. The zero-order valence-corrected chi connectivity index (χ0v) is 9.61. The first kappa shape index (κ1) is 11.4. The molecular weight excluding hydrogens is 226 g/mol. The number of hydrogen-bond donors (Lipinski definition) is 2. The molecule has 0 aliphatic heterocycles. The molecule has 1 aliphatic carbocycles. The van der Waals surface area contributed by atoms with Gasteiger partial charge in [-0.15, -0.1) is 0 Å². The Morgan fingerprint density at radius 3 is 2.19 bits per heavy atom. The lowest BCUT2D eigenvalue weighted by Crippen LogP contribution is -2.31. The van der Waals surface area contributed by atoms with E-state index in [2.05, 4.69) is 5.16 Å². The van der Waals surface area contributed by atoms with Crippen LogP contribution in [0.1, 0.15) is 31.2 Å². The van der Waals surface area contributed by atoms with Gasteiger partial charge in [0.1, 0.15) is 0 Å². The fourth-order valence-electron chi connectivity index (χ4n) is 2.10. The van der Waals surface area contributed by atoms with Crippen LogP contribution in [0.5, 0.6) is 0 Å². The molecule has 0 spiro atoms. The molecule has 0 heterocycles. The Kier molecular flexibility index (Phi) is 3.17. The Balaban J connectivity index is 2.18. The minimum atomic E-state index is -0.807. The van der Waals surface area contributed by atoms with Gasteiger partial charge in [-0.1, -0.05) is 28.9 Å². The van der Waals surface area contributed by atoms with Crippen molar-refractivity contribution < 1.29 is 10.3 Å². The van der Waals surface area contributed by atoms with E-state index in [0.717, 1.165) is 11.3 Å². The molecule has 0 atom stereocenters. The van der Waals surface area contributed by atoms with E-state index in [0.29, 0.717) is 30.7 Å². The molecule has 1 aromatic carbocycles. The molecule has 4 heteroatoms. The molecule has 0 saturated heterocycles. The Hall–Kier alpha value is -1.06. The van der Waals surface area contributed by atoms with Crippen LogP contribution in [0.4, 0.5) is 0 Å². The SMILES string of the molecule is ON=C1CCC(O)(c2ccc(Cl)cc2)CC1. The van der Waals surface area contributed by atoms with E-state index in [1.54, 1.807) is 12.1 Å². The summed E-state index contributed by atoms with van der Waals surface area (Å²) < 4.78 is 0. The summed E-state index contributed by atoms with van der Waals surface area (Å²) in [7, 11) is 0. The van der Waals surface area contributed by atoms with E-state index in [1.807, 2.05) is 12.1 Å². The minimum Gasteiger partial charge on any atom is -0.411 e. The Labute approximate surface area is 99.4 Å². The number of hydrogen-bond acceptors (Lipinski definition) is 3. The first-order valence-electron chi connectivity index (χ1n) is 5.32. The van der Waals surface area contributed by atoms with Crippen LogP contribution < -0.4 is 0 Å². The summed E-state index contributed by atoms with van der Waals surface area (Å²) in [6.45, 7) is 0. The molecule has 0 bridgehead atoms. The summed E-state index contributed by atoms with van der Waals surface area (Å²) in [5.41, 5.74) is 0.839. The Morgan fingerprint density at radius 1 is 1.12 bits per heavy atom. The van der Waals surface area contributed by atoms with Crippen molar-refractivity contribution in [3.8, 4) is 0 Å². The van der Waals surface area contributed by atoms with Gasteiger partial charge in [0.25, 0.3) is 0 Å². The number of rotatable bonds is 1. The Morgan fingerprint density at radius 2 is 1.69 bits per heavy atom. The second kappa shape index (κ2) is 4.44. The van der Waals surface area contributed by atoms with Gasteiger partial charge in [-0.2, -0.15) is 0 Å². The van der Waals surface area contributed by atoms with Gasteiger partial charge in [0, 0.05) is 5.02 Å². The summed E-state index contributed by atoms with van der Waals surface area (Å²) in [4.78, 5) is 0. The summed E-state index contributed by atoms with van der Waals surface area (Å²) >= 11 is 5.81. The minimum absolute atomic E-state index is 0.591.